The molecule has 1 aliphatic carbocycles. The fourth-order valence-corrected chi connectivity index (χ4v) is 3.54. The Morgan fingerprint density at radius 2 is 1.95 bits per heavy atom. The van der Waals surface area contributed by atoms with Crippen molar-refractivity contribution in [3.05, 3.63) is 46.4 Å². The van der Waals surface area contributed by atoms with Gasteiger partial charge in [-0.3, -0.25) is 9.59 Å². The van der Waals surface area contributed by atoms with Crippen molar-refractivity contribution >= 4 is 16.7 Å². The van der Waals surface area contributed by atoms with Crippen LogP contribution in [0.1, 0.15) is 43.1 Å². The molecule has 2 unspecified atom stereocenters. The summed E-state index contributed by atoms with van der Waals surface area (Å²) in [6.07, 6.45) is 4.62. The monoisotopic (exact) mass is 298 g/mol. The van der Waals surface area contributed by atoms with Crippen molar-refractivity contribution in [3.8, 4) is 0 Å². The van der Waals surface area contributed by atoms with E-state index in [1.54, 1.807) is 12.1 Å². The minimum absolute atomic E-state index is 0.0957. The van der Waals surface area contributed by atoms with Crippen molar-refractivity contribution in [2.24, 2.45) is 5.92 Å². The summed E-state index contributed by atoms with van der Waals surface area (Å²) in [4.78, 5) is 29.4. The number of nitrogens with zero attached hydrogens (tertiary/aromatic N) is 1. The van der Waals surface area contributed by atoms with E-state index in [1.807, 2.05) is 30.1 Å². The molecule has 0 aliphatic heterocycles. The Morgan fingerprint density at radius 1 is 1.23 bits per heavy atom. The summed E-state index contributed by atoms with van der Waals surface area (Å²) >= 11 is 0. The largest absolute Gasteiger partial charge is 0.337 e. The Bertz CT molecular complexity index is 750. The van der Waals surface area contributed by atoms with Crippen molar-refractivity contribution in [3.63, 3.8) is 0 Å². The number of benzene rings is 1. The van der Waals surface area contributed by atoms with E-state index < -0.39 is 0 Å². The molecule has 1 aromatic carbocycles. The molecule has 4 heteroatoms. The van der Waals surface area contributed by atoms with Gasteiger partial charge < -0.3 is 9.88 Å². The van der Waals surface area contributed by atoms with E-state index in [2.05, 4.69) is 11.9 Å². The molecule has 2 aromatic rings. The fourth-order valence-electron chi connectivity index (χ4n) is 3.54. The second kappa shape index (κ2) is 5.95. The van der Waals surface area contributed by atoms with Gasteiger partial charge in [-0.15, -0.1) is 0 Å². The van der Waals surface area contributed by atoms with E-state index in [0.717, 1.165) is 18.2 Å². The van der Waals surface area contributed by atoms with E-state index in [0.29, 0.717) is 17.0 Å². The molecule has 4 nitrogen and oxygen atoms in total. The molecule has 1 heterocycles. The van der Waals surface area contributed by atoms with E-state index in [-0.39, 0.29) is 17.5 Å². The molecule has 3 rings (SSSR count). The van der Waals surface area contributed by atoms with Gasteiger partial charge >= 0.3 is 0 Å². The van der Waals surface area contributed by atoms with Gasteiger partial charge in [-0.1, -0.05) is 38.0 Å². The number of rotatable bonds is 2. The second-order valence-electron chi connectivity index (χ2n) is 6.34. The molecule has 1 fully saturated rings. The SMILES string of the molecule is CC1CCCCC1N(C)C(=O)c1cc2ccccc2c(=O)[nH]1. The van der Waals surface area contributed by atoms with Crippen molar-refractivity contribution < 1.29 is 4.79 Å². The number of aromatic amines is 1. The first-order chi connectivity index (χ1) is 10.6. The minimum Gasteiger partial charge on any atom is -0.337 e. The van der Waals surface area contributed by atoms with E-state index in [9.17, 15) is 9.59 Å². The maximum atomic E-state index is 12.7. The van der Waals surface area contributed by atoms with Gasteiger partial charge in [0.1, 0.15) is 5.69 Å². The summed E-state index contributed by atoms with van der Waals surface area (Å²) in [5, 5.41) is 1.42. The zero-order chi connectivity index (χ0) is 15.7. The lowest BCUT2D eigenvalue weighted by Gasteiger charge is -2.36. The first kappa shape index (κ1) is 14.8. The lowest BCUT2D eigenvalue weighted by Crippen LogP contribution is -2.43. The third-order valence-electron chi connectivity index (χ3n) is 4.87. The quantitative estimate of drug-likeness (QED) is 0.925. The topological polar surface area (TPSA) is 53.2 Å². The molecule has 0 saturated heterocycles. The van der Waals surface area contributed by atoms with Crippen LogP contribution in [0.4, 0.5) is 0 Å². The van der Waals surface area contributed by atoms with Crippen LogP contribution in [0.5, 0.6) is 0 Å². The highest BCUT2D eigenvalue weighted by Gasteiger charge is 2.28. The van der Waals surface area contributed by atoms with Gasteiger partial charge in [0.05, 0.1) is 0 Å². The Balaban J connectivity index is 1.93. The summed E-state index contributed by atoms with van der Waals surface area (Å²) < 4.78 is 0. The first-order valence-electron chi connectivity index (χ1n) is 7.97. The van der Waals surface area contributed by atoms with Crippen LogP contribution in [-0.4, -0.2) is 28.9 Å². The summed E-state index contributed by atoms with van der Waals surface area (Å²) in [5.74, 6) is 0.413. The number of aromatic nitrogens is 1. The predicted molar refractivity (Wildman–Crippen MR) is 88.1 cm³/mol. The van der Waals surface area contributed by atoms with E-state index in [4.69, 9.17) is 0 Å². The maximum absolute atomic E-state index is 12.7. The molecule has 1 aromatic heterocycles. The number of hydrogen-bond acceptors (Lipinski definition) is 2. The molecular weight excluding hydrogens is 276 g/mol. The third kappa shape index (κ3) is 2.65. The fraction of sp³-hybridized carbons (Fsp3) is 0.444. The van der Waals surface area contributed by atoms with Crippen LogP contribution in [0.25, 0.3) is 10.8 Å². The smallest absolute Gasteiger partial charge is 0.270 e. The Kier molecular flexibility index (Phi) is 4.01. The van der Waals surface area contributed by atoms with Gasteiger partial charge in [-0.2, -0.15) is 0 Å². The Morgan fingerprint density at radius 3 is 2.73 bits per heavy atom. The molecule has 116 valence electrons. The number of amides is 1. The van der Waals surface area contributed by atoms with Crippen molar-refractivity contribution in [2.45, 2.75) is 38.6 Å². The van der Waals surface area contributed by atoms with Gasteiger partial charge in [0.2, 0.25) is 0 Å². The number of hydrogen-bond donors (Lipinski definition) is 1. The molecule has 1 N–H and O–H groups in total. The maximum Gasteiger partial charge on any atom is 0.270 e. The van der Waals surface area contributed by atoms with Crippen molar-refractivity contribution in [1.82, 2.24) is 9.88 Å². The Hall–Kier alpha value is -2.10. The normalized spacial score (nSPS) is 21.7. The number of carbonyl (C=O) groups excluding carboxylic acids is 1. The average Bonchev–Trinajstić information content (AvgIpc) is 2.54. The van der Waals surface area contributed by atoms with Crippen LogP contribution >= 0.6 is 0 Å². The van der Waals surface area contributed by atoms with Gasteiger partial charge in [-0.05, 0) is 36.3 Å². The summed E-state index contributed by atoms with van der Waals surface area (Å²) in [7, 11) is 1.85. The van der Waals surface area contributed by atoms with Crippen LogP contribution < -0.4 is 5.56 Å². The molecule has 0 bridgehead atoms. The number of pyridine rings is 1. The Labute approximate surface area is 130 Å². The molecular formula is C18H22N2O2. The van der Waals surface area contributed by atoms with Gasteiger partial charge in [0.15, 0.2) is 0 Å². The standard InChI is InChI=1S/C18H22N2O2/c1-12-7-3-6-10-16(12)20(2)18(22)15-11-13-8-4-5-9-14(13)17(21)19-15/h4-5,8-9,11-12,16H,3,6-7,10H2,1-2H3,(H,19,21). The summed E-state index contributed by atoms with van der Waals surface area (Å²) in [5.41, 5.74) is 0.176. The average molecular weight is 298 g/mol. The van der Waals surface area contributed by atoms with Crippen molar-refractivity contribution in [2.75, 3.05) is 7.05 Å². The summed E-state index contributed by atoms with van der Waals surface area (Å²) in [6.45, 7) is 2.21. The van der Waals surface area contributed by atoms with E-state index in [1.165, 1.54) is 12.8 Å². The molecule has 22 heavy (non-hydrogen) atoms. The highest BCUT2D eigenvalue weighted by Crippen LogP contribution is 2.28. The molecule has 2 atom stereocenters. The molecule has 0 radical (unpaired) electrons. The molecule has 1 amide bonds. The second-order valence-corrected chi connectivity index (χ2v) is 6.34. The van der Waals surface area contributed by atoms with Crippen LogP contribution in [-0.2, 0) is 0 Å². The molecule has 1 saturated carbocycles. The summed E-state index contributed by atoms with van der Waals surface area (Å²) in [6, 6.07) is 9.39. The highest BCUT2D eigenvalue weighted by atomic mass is 16.2. The number of carbonyl (C=O) groups is 1. The van der Waals surface area contributed by atoms with Gasteiger partial charge in [0.25, 0.3) is 11.5 Å². The zero-order valence-electron chi connectivity index (χ0n) is 13.1. The van der Waals surface area contributed by atoms with Crippen molar-refractivity contribution in [1.29, 1.82) is 0 Å². The van der Waals surface area contributed by atoms with Gasteiger partial charge in [-0.25, -0.2) is 0 Å². The lowest BCUT2D eigenvalue weighted by molar-refractivity contribution is 0.0623. The number of nitrogens with one attached hydrogen (secondary N) is 1. The van der Waals surface area contributed by atoms with Crippen LogP contribution in [0.15, 0.2) is 35.1 Å². The number of fused-ring (bicyclic) bond motifs is 1. The van der Waals surface area contributed by atoms with Crippen LogP contribution in [0.3, 0.4) is 0 Å². The lowest BCUT2D eigenvalue weighted by atomic mass is 9.85. The zero-order valence-corrected chi connectivity index (χ0v) is 13.1. The molecule has 1 aliphatic rings. The minimum atomic E-state index is -0.202. The third-order valence-corrected chi connectivity index (χ3v) is 4.87. The van der Waals surface area contributed by atoms with Crippen LogP contribution in [0, 0.1) is 5.92 Å². The highest BCUT2D eigenvalue weighted by molar-refractivity contribution is 5.96. The van der Waals surface area contributed by atoms with E-state index >= 15 is 0 Å². The number of H-pyrrole nitrogens is 1. The van der Waals surface area contributed by atoms with Gasteiger partial charge in [0, 0.05) is 18.5 Å². The first-order valence-corrected chi connectivity index (χ1v) is 7.97. The molecule has 0 spiro atoms. The van der Waals surface area contributed by atoms with Crippen LogP contribution in [0.2, 0.25) is 0 Å². The predicted octanol–water partition coefficient (Wildman–Crippen LogP) is 3.18.